The van der Waals surface area contributed by atoms with Crippen molar-refractivity contribution in [2.45, 2.75) is 46.2 Å². The fourth-order valence-electron chi connectivity index (χ4n) is 1.60. The molecule has 0 amide bonds. The fourth-order valence-corrected chi connectivity index (χ4v) is 1.60. The second kappa shape index (κ2) is 8.22. The highest BCUT2D eigenvalue weighted by atomic mass is 19.1. The summed E-state index contributed by atoms with van der Waals surface area (Å²) in [5.74, 6) is -0.0432. The first-order chi connectivity index (χ1) is 9.42. The van der Waals surface area contributed by atoms with Crippen LogP contribution in [0.1, 0.15) is 39.7 Å². The van der Waals surface area contributed by atoms with Gasteiger partial charge in [0.25, 0.3) is 0 Å². The second-order valence-electron chi connectivity index (χ2n) is 5.83. The van der Waals surface area contributed by atoms with Crippen LogP contribution in [0.5, 0.6) is 5.75 Å². The largest absolute Gasteiger partial charge is 0.488 e. The van der Waals surface area contributed by atoms with E-state index >= 15 is 0 Å². The highest BCUT2D eigenvalue weighted by Gasteiger charge is 2.10. The third kappa shape index (κ3) is 6.87. The van der Waals surface area contributed by atoms with E-state index in [9.17, 15) is 4.39 Å². The second-order valence-corrected chi connectivity index (χ2v) is 5.83. The molecule has 0 fully saturated rings. The first kappa shape index (κ1) is 16.9. The molecule has 0 aliphatic heterocycles. The van der Waals surface area contributed by atoms with E-state index in [2.05, 4.69) is 26.1 Å². The number of hydrogen-bond acceptors (Lipinski definition) is 3. The SMILES string of the molecule is CCCOCCOc1ccc(CNC(C)(C)C)cc1F. The number of rotatable bonds is 8. The summed E-state index contributed by atoms with van der Waals surface area (Å²) < 4.78 is 24.5. The third-order valence-corrected chi connectivity index (χ3v) is 2.65. The van der Waals surface area contributed by atoms with Crippen LogP contribution in [-0.4, -0.2) is 25.4 Å². The van der Waals surface area contributed by atoms with Crippen molar-refractivity contribution in [1.82, 2.24) is 5.32 Å². The molecule has 1 rings (SSSR count). The van der Waals surface area contributed by atoms with E-state index in [1.54, 1.807) is 6.07 Å². The normalized spacial score (nSPS) is 11.7. The Labute approximate surface area is 121 Å². The molecule has 3 nitrogen and oxygen atoms in total. The summed E-state index contributed by atoms with van der Waals surface area (Å²) in [7, 11) is 0. The zero-order valence-electron chi connectivity index (χ0n) is 13.0. The van der Waals surface area contributed by atoms with Gasteiger partial charge in [-0.05, 0) is 44.9 Å². The Bertz CT molecular complexity index is 402. The zero-order chi connectivity index (χ0) is 15.0. The monoisotopic (exact) mass is 283 g/mol. The van der Waals surface area contributed by atoms with E-state index in [1.807, 2.05) is 13.0 Å². The van der Waals surface area contributed by atoms with Crippen LogP contribution in [0.15, 0.2) is 18.2 Å². The molecule has 0 saturated heterocycles. The number of benzene rings is 1. The van der Waals surface area contributed by atoms with Crippen LogP contribution >= 0.6 is 0 Å². The minimum atomic E-state index is -0.325. The molecule has 0 unspecified atom stereocenters. The minimum Gasteiger partial charge on any atom is -0.488 e. The van der Waals surface area contributed by atoms with Gasteiger partial charge in [-0.15, -0.1) is 0 Å². The van der Waals surface area contributed by atoms with Gasteiger partial charge in [0, 0.05) is 18.7 Å². The van der Waals surface area contributed by atoms with Crippen molar-refractivity contribution in [3.8, 4) is 5.75 Å². The molecule has 20 heavy (non-hydrogen) atoms. The summed E-state index contributed by atoms with van der Waals surface area (Å²) in [5.41, 5.74) is 0.925. The van der Waals surface area contributed by atoms with Gasteiger partial charge in [0.2, 0.25) is 0 Å². The van der Waals surface area contributed by atoms with Crippen LogP contribution in [-0.2, 0) is 11.3 Å². The molecule has 114 valence electrons. The molecule has 0 aliphatic rings. The molecular weight excluding hydrogens is 257 g/mol. The minimum absolute atomic E-state index is 0.0161. The Kier molecular flexibility index (Phi) is 6.96. The van der Waals surface area contributed by atoms with Crippen molar-refractivity contribution >= 4 is 0 Å². The maximum absolute atomic E-state index is 13.9. The maximum atomic E-state index is 13.9. The number of ether oxygens (including phenoxy) is 2. The molecule has 0 heterocycles. The number of hydrogen-bond donors (Lipinski definition) is 1. The Morgan fingerprint density at radius 2 is 1.90 bits per heavy atom. The van der Waals surface area contributed by atoms with E-state index in [1.165, 1.54) is 6.07 Å². The standard InChI is InChI=1S/C16H26FNO2/c1-5-8-19-9-10-20-15-7-6-13(11-14(15)17)12-18-16(2,3)4/h6-7,11,18H,5,8-10,12H2,1-4H3. The first-order valence-electron chi connectivity index (χ1n) is 7.16. The van der Waals surface area contributed by atoms with E-state index in [0.717, 1.165) is 12.0 Å². The van der Waals surface area contributed by atoms with Crippen molar-refractivity contribution < 1.29 is 13.9 Å². The molecule has 0 radical (unpaired) electrons. The quantitative estimate of drug-likeness (QED) is 0.740. The van der Waals surface area contributed by atoms with Crippen molar-refractivity contribution in [3.63, 3.8) is 0 Å². The van der Waals surface area contributed by atoms with Crippen LogP contribution in [0.3, 0.4) is 0 Å². The van der Waals surface area contributed by atoms with Crippen LogP contribution in [0.25, 0.3) is 0 Å². The van der Waals surface area contributed by atoms with E-state index in [4.69, 9.17) is 9.47 Å². The van der Waals surface area contributed by atoms with Crippen molar-refractivity contribution in [2.24, 2.45) is 0 Å². The smallest absolute Gasteiger partial charge is 0.165 e. The summed E-state index contributed by atoms with van der Waals surface area (Å²) in [6, 6.07) is 5.07. The van der Waals surface area contributed by atoms with Crippen molar-refractivity contribution in [2.75, 3.05) is 19.8 Å². The van der Waals surface area contributed by atoms with Gasteiger partial charge in [0.1, 0.15) is 6.61 Å². The first-order valence-corrected chi connectivity index (χ1v) is 7.16. The summed E-state index contributed by atoms with van der Waals surface area (Å²) in [4.78, 5) is 0. The lowest BCUT2D eigenvalue weighted by Crippen LogP contribution is -2.35. The Morgan fingerprint density at radius 1 is 1.15 bits per heavy atom. The summed E-state index contributed by atoms with van der Waals surface area (Å²) in [6.07, 6.45) is 0.976. The van der Waals surface area contributed by atoms with Gasteiger partial charge >= 0.3 is 0 Å². The summed E-state index contributed by atoms with van der Waals surface area (Å²) in [5, 5.41) is 3.32. The third-order valence-electron chi connectivity index (χ3n) is 2.65. The van der Waals surface area contributed by atoms with Crippen LogP contribution < -0.4 is 10.1 Å². The highest BCUT2D eigenvalue weighted by Crippen LogP contribution is 2.18. The predicted molar refractivity (Wildman–Crippen MR) is 79.6 cm³/mol. The molecule has 1 aromatic rings. The fraction of sp³-hybridized carbons (Fsp3) is 0.625. The average Bonchev–Trinajstić information content (AvgIpc) is 2.37. The Hall–Kier alpha value is -1.13. The van der Waals surface area contributed by atoms with Gasteiger partial charge in [0.15, 0.2) is 11.6 Å². The summed E-state index contributed by atoms with van der Waals surface area (Å²) in [6.45, 7) is 10.5. The molecule has 4 heteroatoms. The molecule has 0 aliphatic carbocycles. The van der Waals surface area contributed by atoms with Crippen LogP contribution in [0, 0.1) is 5.82 Å². The van der Waals surface area contributed by atoms with E-state index in [0.29, 0.717) is 26.4 Å². The van der Waals surface area contributed by atoms with Crippen LogP contribution in [0.4, 0.5) is 4.39 Å². The average molecular weight is 283 g/mol. The lowest BCUT2D eigenvalue weighted by molar-refractivity contribution is 0.0991. The molecule has 0 bridgehead atoms. The maximum Gasteiger partial charge on any atom is 0.165 e. The summed E-state index contributed by atoms with van der Waals surface area (Å²) >= 11 is 0. The highest BCUT2D eigenvalue weighted by molar-refractivity contribution is 5.29. The molecular formula is C16H26FNO2. The molecule has 1 N–H and O–H groups in total. The molecule has 0 spiro atoms. The van der Waals surface area contributed by atoms with Crippen molar-refractivity contribution in [3.05, 3.63) is 29.6 Å². The van der Waals surface area contributed by atoms with Crippen LogP contribution in [0.2, 0.25) is 0 Å². The molecule has 0 saturated carbocycles. The van der Waals surface area contributed by atoms with E-state index in [-0.39, 0.29) is 17.1 Å². The molecule has 1 aromatic carbocycles. The van der Waals surface area contributed by atoms with Gasteiger partial charge in [-0.2, -0.15) is 0 Å². The van der Waals surface area contributed by atoms with Gasteiger partial charge in [-0.1, -0.05) is 13.0 Å². The van der Waals surface area contributed by atoms with Gasteiger partial charge < -0.3 is 14.8 Å². The number of nitrogens with one attached hydrogen (secondary N) is 1. The lowest BCUT2D eigenvalue weighted by atomic mass is 10.1. The van der Waals surface area contributed by atoms with Gasteiger partial charge in [-0.25, -0.2) is 4.39 Å². The Balaban J connectivity index is 2.43. The zero-order valence-corrected chi connectivity index (χ0v) is 13.0. The van der Waals surface area contributed by atoms with Gasteiger partial charge in [-0.3, -0.25) is 0 Å². The lowest BCUT2D eigenvalue weighted by Gasteiger charge is -2.20. The molecule has 0 atom stereocenters. The molecule has 0 aromatic heterocycles. The topological polar surface area (TPSA) is 30.5 Å². The predicted octanol–water partition coefficient (Wildman–Crippen LogP) is 3.52. The van der Waals surface area contributed by atoms with Crippen molar-refractivity contribution in [1.29, 1.82) is 0 Å². The number of halogens is 1. The van der Waals surface area contributed by atoms with E-state index < -0.39 is 0 Å². The Morgan fingerprint density at radius 3 is 2.50 bits per heavy atom. The van der Waals surface area contributed by atoms with Gasteiger partial charge in [0.05, 0.1) is 6.61 Å².